The Morgan fingerprint density at radius 1 is 1.29 bits per heavy atom. The van der Waals surface area contributed by atoms with Crippen LogP contribution in [0.25, 0.3) is 0 Å². The van der Waals surface area contributed by atoms with Crippen molar-refractivity contribution in [3.8, 4) is 6.07 Å². The van der Waals surface area contributed by atoms with E-state index in [1.165, 1.54) is 0 Å². The van der Waals surface area contributed by atoms with Gasteiger partial charge in [-0.25, -0.2) is 0 Å². The Balaban J connectivity index is 2.42. The Labute approximate surface area is 104 Å². The second-order valence-electron chi connectivity index (χ2n) is 5.96. The van der Waals surface area contributed by atoms with Crippen LogP contribution in [0.4, 0.5) is 0 Å². The summed E-state index contributed by atoms with van der Waals surface area (Å²) in [5, 5.41) is 8.84. The van der Waals surface area contributed by atoms with E-state index in [4.69, 9.17) is 5.26 Å². The van der Waals surface area contributed by atoms with Crippen LogP contribution >= 0.6 is 0 Å². The molecule has 1 heterocycles. The normalized spacial score (nSPS) is 19.8. The molecule has 0 aromatic rings. The first-order valence-corrected chi connectivity index (χ1v) is 6.25. The van der Waals surface area contributed by atoms with Crippen LogP contribution in [0.15, 0.2) is 0 Å². The van der Waals surface area contributed by atoms with E-state index in [1.54, 1.807) is 0 Å². The molecule has 96 valence electrons. The molecule has 1 rings (SSSR count). The van der Waals surface area contributed by atoms with Crippen LogP contribution in [0.1, 0.15) is 34.1 Å². The summed E-state index contributed by atoms with van der Waals surface area (Å²) < 4.78 is 0. The zero-order valence-electron chi connectivity index (χ0n) is 11.4. The first-order valence-electron chi connectivity index (χ1n) is 6.25. The van der Waals surface area contributed by atoms with Crippen LogP contribution in [-0.4, -0.2) is 47.9 Å². The molecule has 0 bridgehead atoms. The summed E-state index contributed by atoms with van der Waals surface area (Å²) >= 11 is 0. The lowest BCUT2D eigenvalue weighted by Crippen LogP contribution is -2.51. The fraction of sp³-hybridized carbons (Fsp3) is 0.846. The van der Waals surface area contributed by atoms with Gasteiger partial charge in [0.2, 0.25) is 5.91 Å². The molecule has 0 saturated carbocycles. The van der Waals surface area contributed by atoms with E-state index in [9.17, 15) is 4.79 Å². The third kappa shape index (κ3) is 4.35. The Hall–Kier alpha value is -1.08. The van der Waals surface area contributed by atoms with E-state index in [0.717, 1.165) is 26.2 Å². The quantitative estimate of drug-likeness (QED) is 0.731. The smallest absolute Gasteiger partial charge is 0.223 e. The highest BCUT2D eigenvalue weighted by Crippen LogP contribution is 2.20. The third-order valence-corrected chi connectivity index (χ3v) is 3.08. The molecule has 1 fully saturated rings. The molecule has 4 heteroatoms. The molecule has 4 nitrogen and oxygen atoms in total. The number of nitrogens with zero attached hydrogens (tertiary/aromatic N) is 3. The Bertz CT molecular complexity index is 306. The Kier molecular flexibility index (Phi) is 4.53. The second kappa shape index (κ2) is 5.50. The van der Waals surface area contributed by atoms with Crippen molar-refractivity contribution in [1.82, 2.24) is 9.80 Å². The van der Waals surface area contributed by atoms with Gasteiger partial charge in [0, 0.05) is 32.6 Å². The minimum atomic E-state index is -0.0464. The highest BCUT2D eigenvalue weighted by atomic mass is 16.2. The van der Waals surface area contributed by atoms with Crippen molar-refractivity contribution in [1.29, 1.82) is 5.26 Å². The van der Waals surface area contributed by atoms with Crippen molar-refractivity contribution in [2.75, 3.05) is 26.2 Å². The average molecular weight is 237 g/mol. The summed E-state index contributed by atoms with van der Waals surface area (Å²) in [5.41, 5.74) is 0.0498. The maximum absolute atomic E-state index is 12.0. The summed E-state index contributed by atoms with van der Waals surface area (Å²) in [7, 11) is 0. The molecule has 1 amide bonds. The van der Waals surface area contributed by atoms with Crippen molar-refractivity contribution in [3.05, 3.63) is 0 Å². The second-order valence-corrected chi connectivity index (χ2v) is 5.96. The van der Waals surface area contributed by atoms with Crippen molar-refractivity contribution >= 4 is 5.91 Å². The Morgan fingerprint density at radius 2 is 1.82 bits per heavy atom. The van der Waals surface area contributed by atoms with Gasteiger partial charge < -0.3 is 4.90 Å². The fourth-order valence-corrected chi connectivity index (χ4v) is 2.01. The number of amides is 1. The SMILES string of the molecule is CC(C#N)N1CCN(C(=O)CC(C)(C)C)CC1. The molecule has 1 aliphatic heterocycles. The molecule has 0 radical (unpaired) electrons. The number of rotatable bonds is 2. The molecule has 17 heavy (non-hydrogen) atoms. The van der Waals surface area contributed by atoms with Gasteiger partial charge in [0.05, 0.1) is 12.1 Å². The van der Waals surface area contributed by atoms with E-state index >= 15 is 0 Å². The van der Waals surface area contributed by atoms with E-state index in [2.05, 4.69) is 31.7 Å². The van der Waals surface area contributed by atoms with Crippen molar-refractivity contribution in [2.24, 2.45) is 5.41 Å². The zero-order chi connectivity index (χ0) is 13.1. The number of hydrogen-bond donors (Lipinski definition) is 0. The standard InChI is InChI=1S/C13H23N3O/c1-11(10-14)15-5-7-16(8-6-15)12(17)9-13(2,3)4/h11H,5-9H2,1-4H3. The minimum Gasteiger partial charge on any atom is -0.340 e. The van der Waals surface area contributed by atoms with Gasteiger partial charge in [-0.05, 0) is 12.3 Å². The van der Waals surface area contributed by atoms with Gasteiger partial charge in [0.25, 0.3) is 0 Å². The summed E-state index contributed by atoms with van der Waals surface area (Å²) in [4.78, 5) is 16.1. The largest absolute Gasteiger partial charge is 0.340 e. The fourth-order valence-electron chi connectivity index (χ4n) is 2.01. The summed E-state index contributed by atoms with van der Waals surface area (Å²) in [6.45, 7) is 11.3. The molecule has 0 aromatic carbocycles. The highest BCUT2D eigenvalue weighted by Gasteiger charge is 2.26. The molecule has 0 spiro atoms. The number of piperazine rings is 1. The van der Waals surface area contributed by atoms with Gasteiger partial charge in [-0.15, -0.1) is 0 Å². The monoisotopic (exact) mass is 237 g/mol. The first kappa shape index (κ1) is 14.0. The molecular formula is C13H23N3O. The van der Waals surface area contributed by atoms with E-state index in [1.807, 2.05) is 11.8 Å². The number of carbonyl (C=O) groups excluding carboxylic acids is 1. The number of hydrogen-bond acceptors (Lipinski definition) is 3. The lowest BCUT2D eigenvalue weighted by atomic mass is 9.91. The van der Waals surface area contributed by atoms with E-state index in [-0.39, 0.29) is 17.4 Å². The van der Waals surface area contributed by atoms with Crippen molar-refractivity contribution in [3.63, 3.8) is 0 Å². The van der Waals surface area contributed by atoms with E-state index in [0.29, 0.717) is 6.42 Å². The van der Waals surface area contributed by atoms with Crippen LogP contribution in [0.2, 0.25) is 0 Å². The number of carbonyl (C=O) groups is 1. The lowest BCUT2D eigenvalue weighted by molar-refractivity contribution is -0.135. The maximum Gasteiger partial charge on any atom is 0.223 e. The molecule has 1 saturated heterocycles. The minimum absolute atomic E-state index is 0.0464. The van der Waals surface area contributed by atoms with Crippen LogP contribution in [-0.2, 0) is 4.79 Å². The number of nitriles is 1. The van der Waals surface area contributed by atoms with Gasteiger partial charge in [-0.1, -0.05) is 20.8 Å². The van der Waals surface area contributed by atoms with E-state index < -0.39 is 0 Å². The third-order valence-electron chi connectivity index (χ3n) is 3.08. The topological polar surface area (TPSA) is 47.3 Å². The molecule has 0 aromatic heterocycles. The average Bonchev–Trinajstić information content (AvgIpc) is 2.26. The van der Waals surface area contributed by atoms with Crippen molar-refractivity contribution in [2.45, 2.75) is 40.2 Å². The van der Waals surface area contributed by atoms with Crippen LogP contribution in [0.3, 0.4) is 0 Å². The van der Waals surface area contributed by atoms with Gasteiger partial charge in [0.15, 0.2) is 0 Å². The van der Waals surface area contributed by atoms with Crippen LogP contribution in [0, 0.1) is 16.7 Å². The zero-order valence-corrected chi connectivity index (χ0v) is 11.4. The van der Waals surface area contributed by atoms with Gasteiger partial charge in [-0.2, -0.15) is 5.26 Å². The first-order chi connectivity index (χ1) is 7.83. The van der Waals surface area contributed by atoms with Crippen LogP contribution < -0.4 is 0 Å². The Morgan fingerprint density at radius 3 is 2.24 bits per heavy atom. The molecular weight excluding hydrogens is 214 g/mol. The lowest BCUT2D eigenvalue weighted by Gasteiger charge is -2.36. The predicted molar refractivity (Wildman–Crippen MR) is 67.3 cm³/mol. The summed E-state index contributed by atoms with van der Waals surface area (Å²) in [5.74, 6) is 0.238. The molecule has 0 aliphatic carbocycles. The van der Waals surface area contributed by atoms with Gasteiger partial charge in [-0.3, -0.25) is 9.69 Å². The van der Waals surface area contributed by atoms with Crippen LogP contribution in [0.5, 0.6) is 0 Å². The molecule has 1 aliphatic rings. The summed E-state index contributed by atoms with van der Waals surface area (Å²) in [6, 6.07) is 2.19. The highest BCUT2D eigenvalue weighted by molar-refractivity contribution is 5.76. The summed E-state index contributed by atoms with van der Waals surface area (Å²) in [6.07, 6.45) is 0.598. The van der Waals surface area contributed by atoms with Crippen molar-refractivity contribution < 1.29 is 4.79 Å². The van der Waals surface area contributed by atoms with Gasteiger partial charge >= 0.3 is 0 Å². The maximum atomic E-state index is 12.0. The molecule has 1 unspecified atom stereocenters. The molecule has 0 N–H and O–H groups in total. The molecule has 1 atom stereocenters. The van der Waals surface area contributed by atoms with Gasteiger partial charge in [0.1, 0.15) is 0 Å². The predicted octanol–water partition coefficient (Wildman–Crippen LogP) is 1.48.